The predicted molar refractivity (Wildman–Crippen MR) is 93.4 cm³/mol. The SMILES string of the molecule is CC(OC(=O)c1ccccc1S(C)(=O)=O)C(=O)NC(=O)NC1CCCC1. The van der Waals surface area contributed by atoms with Gasteiger partial charge in [0, 0.05) is 12.3 Å². The van der Waals surface area contributed by atoms with Gasteiger partial charge in [0.2, 0.25) is 0 Å². The highest BCUT2D eigenvalue weighted by Crippen LogP contribution is 2.18. The number of urea groups is 1. The van der Waals surface area contributed by atoms with Gasteiger partial charge >= 0.3 is 12.0 Å². The number of rotatable bonds is 5. The van der Waals surface area contributed by atoms with Gasteiger partial charge in [-0.25, -0.2) is 18.0 Å². The van der Waals surface area contributed by atoms with E-state index < -0.39 is 33.8 Å². The number of carbonyl (C=O) groups excluding carboxylic acids is 3. The van der Waals surface area contributed by atoms with E-state index in [1.807, 2.05) is 0 Å². The molecule has 0 aromatic heterocycles. The average Bonchev–Trinajstić information content (AvgIpc) is 3.06. The van der Waals surface area contributed by atoms with Crippen LogP contribution in [0.25, 0.3) is 0 Å². The third kappa shape index (κ3) is 5.29. The van der Waals surface area contributed by atoms with E-state index in [4.69, 9.17) is 4.74 Å². The Morgan fingerprint density at radius 3 is 2.38 bits per heavy atom. The molecule has 1 aromatic rings. The van der Waals surface area contributed by atoms with Crippen LogP contribution in [0.4, 0.5) is 4.79 Å². The van der Waals surface area contributed by atoms with E-state index in [0.29, 0.717) is 0 Å². The zero-order chi connectivity index (χ0) is 19.3. The van der Waals surface area contributed by atoms with Gasteiger partial charge in [-0.3, -0.25) is 10.1 Å². The van der Waals surface area contributed by atoms with Gasteiger partial charge in [0.15, 0.2) is 15.9 Å². The summed E-state index contributed by atoms with van der Waals surface area (Å²) in [4.78, 5) is 35.8. The van der Waals surface area contributed by atoms with Gasteiger partial charge in [-0.2, -0.15) is 0 Å². The maximum absolute atomic E-state index is 12.2. The molecule has 1 aromatic carbocycles. The molecule has 0 bridgehead atoms. The lowest BCUT2D eigenvalue weighted by molar-refractivity contribution is -0.127. The molecule has 1 aliphatic rings. The molecule has 1 saturated carbocycles. The van der Waals surface area contributed by atoms with E-state index in [0.717, 1.165) is 31.9 Å². The Morgan fingerprint density at radius 2 is 1.77 bits per heavy atom. The standard InChI is InChI=1S/C17H22N2O6S/c1-11(15(20)19-17(22)18-12-7-3-4-8-12)25-16(21)13-9-5-6-10-14(13)26(2,23)24/h5-6,9-12H,3-4,7-8H2,1-2H3,(H2,18,19,20,22). The zero-order valence-electron chi connectivity index (χ0n) is 14.7. The Kier molecular flexibility index (Phi) is 6.36. The minimum absolute atomic E-state index is 0.0438. The molecule has 0 radical (unpaired) electrons. The smallest absolute Gasteiger partial charge is 0.340 e. The number of sulfone groups is 1. The number of benzene rings is 1. The number of hydrogen-bond acceptors (Lipinski definition) is 6. The predicted octanol–water partition coefficient (Wildman–Crippen LogP) is 1.40. The van der Waals surface area contributed by atoms with Crippen molar-refractivity contribution in [1.82, 2.24) is 10.6 Å². The second-order valence-electron chi connectivity index (χ2n) is 6.26. The summed E-state index contributed by atoms with van der Waals surface area (Å²) in [7, 11) is -3.63. The van der Waals surface area contributed by atoms with Gasteiger partial charge < -0.3 is 10.1 Å². The summed E-state index contributed by atoms with van der Waals surface area (Å²) >= 11 is 0. The molecule has 1 fully saturated rings. The molecule has 26 heavy (non-hydrogen) atoms. The highest BCUT2D eigenvalue weighted by atomic mass is 32.2. The highest BCUT2D eigenvalue weighted by molar-refractivity contribution is 7.90. The third-order valence-electron chi connectivity index (χ3n) is 4.09. The number of carbonyl (C=O) groups is 3. The number of ether oxygens (including phenoxy) is 1. The summed E-state index contributed by atoms with van der Waals surface area (Å²) in [5.41, 5.74) is -0.162. The second kappa shape index (κ2) is 8.31. The average molecular weight is 382 g/mol. The molecule has 0 heterocycles. The molecule has 2 N–H and O–H groups in total. The van der Waals surface area contributed by atoms with Crippen LogP contribution in [0.1, 0.15) is 43.0 Å². The molecule has 0 aliphatic heterocycles. The number of esters is 1. The molecule has 1 aliphatic carbocycles. The third-order valence-corrected chi connectivity index (χ3v) is 5.24. The maximum Gasteiger partial charge on any atom is 0.340 e. The minimum atomic E-state index is -3.63. The highest BCUT2D eigenvalue weighted by Gasteiger charge is 2.25. The Morgan fingerprint density at radius 1 is 1.15 bits per heavy atom. The van der Waals surface area contributed by atoms with E-state index in [-0.39, 0.29) is 16.5 Å². The van der Waals surface area contributed by atoms with Gasteiger partial charge in [0.05, 0.1) is 10.5 Å². The zero-order valence-corrected chi connectivity index (χ0v) is 15.5. The normalized spacial score (nSPS) is 15.9. The Hall–Kier alpha value is -2.42. The van der Waals surface area contributed by atoms with Crippen molar-refractivity contribution in [3.63, 3.8) is 0 Å². The molecule has 1 unspecified atom stereocenters. The van der Waals surface area contributed by atoms with Crippen molar-refractivity contribution in [2.45, 2.75) is 49.6 Å². The van der Waals surface area contributed by atoms with Crippen molar-refractivity contribution < 1.29 is 27.5 Å². The fraction of sp³-hybridized carbons (Fsp3) is 0.471. The van der Waals surface area contributed by atoms with Crippen molar-refractivity contribution in [3.05, 3.63) is 29.8 Å². The summed E-state index contributed by atoms with van der Waals surface area (Å²) in [6.07, 6.45) is 3.52. The van der Waals surface area contributed by atoms with Crippen LogP contribution < -0.4 is 10.6 Å². The molecule has 0 saturated heterocycles. The fourth-order valence-corrected chi connectivity index (χ4v) is 3.62. The fourth-order valence-electron chi connectivity index (χ4n) is 2.74. The maximum atomic E-state index is 12.2. The first kappa shape index (κ1) is 19.9. The quantitative estimate of drug-likeness (QED) is 0.743. The van der Waals surface area contributed by atoms with Gasteiger partial charge in [-0.05, 0) is 31.9 Å². The lowest BCUT2D eigenvalue weighted by atomic mass is 10.2. The van der Waals surface area contributed by atoms with Crippen LogP contribution in [0.3, 0.4) is 0 Å². The van der Waals surface area contributed by atoms with Crippen molar-refractivity contribution >= 4 is 27.7 Å². The van der Waals surface area contributed by atoms with Gasteiger partial charge in [-0.15, -0.1) is 0 Å². The minimum Gasteiger partial charge on any atom is -0.449 e. The molecule has 8 nitrogen and oxygen atoms in total. The summed E-state index contributed by atoms with van der Waals surface area (Å²) in [6, 6.07) is 4.97. The van der Waals surface area contributed by atoms with Crippen LogP contribution in [-0.2, 0) is 19.4 Å². The van der Waals surface area contributed by atoms with E-state index >= 15 is 0 Å². The lowest BCUT2D eigenvalue weighted by Crippen LogP contribution is -2.47. The lowest BCUT2D eigenvalue weighted by Gasteiger charge is -2.16. The molecule has 3 amide bonds. The van der Waals surface area contributed by atoms with Crippen LogP contribution in [0, 0.1) is 0 Å². The van der Waals surface area contributed by atoms with Crippen LogP contribution >= 0.6 is 0 Å². The van der Waals surface area contributed by atoms with E-state index in [2.05, 4.69) is 10.6 Å². The van der Waals surface area contributed by atoms with Crippen molar-refractivity contribution in [3.8, 4) is 0 Å². The Labute approximate surface area is 152 Å². The molecule has 9 heteroatoms. The van der Waals surface area contributed by atoms with E-state index in [1.54, 1.807) is 0 Å². The van der Waals surface area contributed by atoms with Gasteiger partial charge in [0.1, 0.15) is 0 Å². The van der Waals surface area contributed by atoms with E-state index in [1.165, 1.54) is 31.2 Å². The molecule has 1 atom stereocenters. The van der Waals surface area contributed by atoms with Crippen LogP contribution in [0.5, 0.6) is 0 Å². The van der Waals surface area contributed by atoms with Crippen molar-refractivity contribution in [1.29, 1.82) is 0 Å². The molecule has 2 rings (SSSR count). The topological polar surface area (TPSA) is 119 Å². The largest absolute Gasteiger partial charge is 0.449 e. The Balaban J connectivity index is 1.96. The summed E-state index contributed by atoms with van der Waals surface area (Å²) in [6.45, 7) is 1.30. The first-order valence-corrected chi connectivity index (χ1v) is 10.2. The molecular weight excluding hydrogens is 360 g/mol. The van der Waals surface area contributed by atoms with Gasteiger partial charge in [0.25, 0.3) is 5.91 Å². The molecule has 0 spiro atoms. The van der Waals surface area contributed by atoms with Crippen LogP contribution in [0.2, 0.25) is 0 Å². The monoisotopic (exact) mass is 382 g/mol. The number of nitrogens with one attached hydrogen (secondary N) is 2. The van der Waals surface area contributed by atoms with Crippen molar-refractivity contribution in [2.75, 3.05) is 6.26 Å². The second-order valence-corrected chi connectivity index (χ2v) is 8.24. The summed E-state index contributed by atoms with van der Waals surface area (Å²) < 4.78 is 28.5. The summed E-state index contributed by atoms with van der Waals surface area (Å²) in [5, 5.41) is 4.81. The van der Waals surface area contributed by atoms with Gasteiger partial charge in [-0.1, -0.05) is 25.0 Å². The number of imide groups is 1. The number of amides is 3. The van der Waals surface area contributed by atoms with E-state index in [9.17, 15) is 22.8 Å². The molecular formula is C17H22N2O6S. The first-order chi connectivity index (χ1) is 12.2. The van der Waals surface area contributed by atoms with Crippen LogP contribution in [0.15, 0.2) is 29.2 Å². The number of hydrogen-bond donors (Lipinski definition) is 2. The molecule has 142 valence electrons. The van der Waals surface area contributed by atoms with Crippen LogP contribution in [-0.4, -0.2) is 44.7 Å². The summed E-state index contributed by atoms with van der Waals surface area (Å²) in [5.74, 6) is -1.74. The Bertz CT molecular complexity index is 799. The first-order valence-electron chi connectivity index (χ1n) is 8.30. The van der Waals surface area contributed by atoms with Crippen molar-refractivity contribution in [2.24, 2.45) is 0 Å².